The number of likely N-dealkylation sites (N-methyl/N-ethyl adjacent to an activating group) is 1. The lowest BCUT2D eigenvalue weighted by Gasteiger charge is -2.46. The second kappa shape index (κ2) is 7.58. The van der Waals surface area contributed by atoms with Crippen molar-refractivity contribution in [3.05, 3.63) is 24.3 Å². The Hall–Kier alpha value is -2.17. The van der Waals surface area contributed by atoms with Crippen LogP contribution in [0.3, 0.4) is 0 Å². The Bertz CT molecular complexity index is 930. The predicted molar refractivity (Wildman–Crippen MR) is 114 cm³/mol. The monoisotopic (exact) mass is 419 g/mol. The van der Waals surface area contributed by atoms with E-state index < -0.39 is 15.7 Å². The molecule has 0 amide bonds. The molecular weight excluding hydrogens is 390 g/mol. The lowest BCUT2D eigenvalue weighted by Crippen LogP contribution is -2.58. The number of hydrogen-bond acceptors (Lipinski definition) is 8. The summed E-state index contributed by atoms with van der Waals surface area (Å²) in [6, 6.07) is 7.01. The van der Waals surface area contributed by atoms with Gasteiger partial charge in [-0.1, -0.05) is 18.6 Å². The number of rotatable bonds is 3. The summed E-state index contributed by atoms with van der Waals surface area (Å²) >= 11 is 0. The summed E-state index contributed by atoms with van der Waals surface area (Å²) in [5, 5.41) is 0. The topological polar surface area (TPSA) is 121 Å². The van der Waals surface area contributed by atoms with Crippen LogP contribution in [0.5, 0.6) is 0 Å². The molecule has 0 unspecified atom stereocenters. The average Bonchev–Trinajstić information content (AvgIpc) is 2.68. The van der Waals surface area contributed by atoms with E-state index in [-0.39, 0.29) is 16.8 Å². The molecule has 2 aliphatic heterocycles. The largest absolute Gasteiger partial charge is 0.369 e. The van der Waals surface area contributed by atoms with E-state index in [1.54, 1.807) is 27.4 Å². The molecule has 9 nitrogen and oxygen atoms in total. The number of hydrogen-bond donors (Lipinski definition) is 2. The third-order valence-corrected chi connectivity index (χ3v) is 7.98. The van der Waals surface area contributed by atoms with Gasteiger partial charge in [0.2, 0.25) is 21.9 Å². The minimum absolute atomic E-state index is 0.153. The summed E-state index contributed by atoms with van der Waals surface area (Å²) in [5.41, 5.74) is 12.1. The molecule has 4 N–H and O–H groups in total. The van der Waals surface area contributed by atoms with Gasteiger partial charge in [0.05, 0.1) is 5.69 Å². The van der Waals surface area contributed by atoms with Crippen LogP contribution in [0.2, 0.25) is 0 Å². The van der Waals surface area contributed by atoms with Crippen LogP contribution in [0.15, 0.2) is 39.1 Å². The molecule has 2 fully saturated rings. The molecule has 1 saturated heterocycles. The fraction of sp³-hybridized carbons (Fsp3) is 0.579. The third kappa shape index (κ3) is 3.60. The Kier molecular flexibility index (Phi) is 5.26. The summed E-state index contributed by atoms with van der Waals surface area (Å²) < 4.78 is 28.6. The standard InChI is InChI=1S/C19H29N7O2S/c1-24-11-13-25(14-12-24)29(27,28)16-8-4-3-7-15(16)26-18(21)22-17(20)23-19(26)9-5-2-6-10-19/h3-4,7-8H,2,5-6,9-14H2,1H3,(H4,20,21,22,23). The van der Waals surface area contributed by atoms with E-state index in [0.29, 0.717) is 31.9 Å². The Morgan fingerprint density at radius 1 is 1.00 bits per heavy atom. The number of piperazine rings is 1. The van der Waals surface area contributed by atoms with Gasteiger partial charge in [-0.2, -0.15) is 9.30 Å². The number of benzene rings is 1. The summed E-state index contributed by atoms with van der Waals surface area (Å²) in [5.74, 6) is 0.348. The van der Waals surface area contributed by atoms with Crippen molar-refractivity contribution in [2.45, 2.75) is 42.7 Å². The molecule has 0 radical (unpaired) electrons. The summed E-state index contributed by atoms with van der Waals surface area (Å²) in [6.45, 7) is 2.35. The molecule has 3 aliphatic rings. The van der Waals surface area contributed by atoms with E-state index in [2.05, 4.69) is 14.9 Å². The SMILES string of the molecule is CN1CCN(S(=O)(=O)c2ccccc2N2C(N)=NC(N)=NC23CCCCC3)CC1. The Balaban J connectivity index is 1.79. The van der Waals surface area contributed by atoms with Crippen molar-refractivity contribution in [1.82, 2.24) is 9.21 Å². The van der Waals surface area contributed by atoms with E-state index in [1.165, 1.54) is 0 Å². The van der Waals surface area contributed by atoms with E-state index in [1.807, 2.05) is 13.1 Å². The highest BCUT2D eigenvalue weighted by atomic mass is 32.2. The van der Waals surface area contributed by atoms with Crippen LogP contribution in [0, 0.1) is 0 Å². The summed E-state index contributed by atoms with van der Waals surface area (Å²) in [7, 11) is -1.68. The first-order valence-electron chi connectivity index (χ1n) is 10.1. The van der Waals surface area contributed by atoms with Crippen LogP contribution in [0.25, 0.3) is 0 Å². The van der Waals surface area contributed by atoms with Crippen molar-refractivity contribution >= 4 is 27.6 Å². The third-order valence-electron chi connectivity index (χ3n) is 6.04. The molecule has 0 aromatic heterocycles. The van der Waals surface area contributed by atoms with Gasteiger partial charge in [0, 0.05) is 26.2 Å². The highest BCUT2D eigenvalue weighted by Crippen LogP contribution is 2.41. The first-order valence-corrected chi connectivity index (χ1v) is 11.5. The number of nitrogens with zero attached hydrogens (tertiary/aromatic N) is 5. The van der Waals surface area contributed by atoms with Gasteiger partial charge in [-0.15, -0.1) is 0 Å². The maximum atomic E-state index is 13.5. The van der Waals surface area contributed by atoms with Crippen LogP contribution in [0.4, 0.5) is 5.69 Å². The molecule has 0 bridgehead atoms. The van der Waals surface area contributed by atoms with E-state index in [9.17, 15) is 8.42 Å². The molecule has 1 aliphatic carbocycles. The van der Waals surface area contributed by atoms with Gasteiger partial charge in [0.15, 0.2) is 0 Å². The predicted octanol–water partition coefficient (Wildman–Crippen LogP) is 0.733. The van der Waals surface area contributed by atoms with Crippen molar-refractivity contribution in [3.8, 4) is 0 Å². The summed E-state index contributed by atoms with van der Waals surface area (Å²) in [4.78, 5) is 13.0. The van der Waals surface area contributed by atoms with Gasteiger partial charge in [-0.05, 0) is 44.9 Å². The van der Waals surface area contributed by atoms with E-state index in [0.717, 1.165) is 32.1 Å². The lowest BCUT2D eigenvalue weighted by molar-refractivity contribution is 0.222. The quantitative estimate of drug-likeness (QED) is 0.745. The van der Waals surface area contributed by atoms with Gasteiger partial charge in [-0.25, -0.2) is 13.4 Å². The van der Waals surface area contributed by atoms with Gasteiger partial charge >= 0.3 is 0 Å². The molecule has 10 heteroatoms. The Labute approximate surface area is 172 Å². The van der Waals surface area contributed by atoms with Crippen molar-refractivity contribution in [2.24, 2.45) is 21.5 Å². The van der Waals surface area contributed by atoms with Crippen molar-refractivity contribution in [1.29, 1.82) is 0 Å². The second-order valence-electron chi connectivity index (χ2n) is 7.99. The molecular formula is C19H29N7O2S. The van der Waals surface area contributed by atoms with Crippen molar-refractivity contribution < 1.29 is 8.42 Å². The molecule has 4 rings (SSSR count). The number of sulfonamides is 1. The molecule has 2 heterocycles. The summed E-state index contributed by atoms with van der Waals surface area (Å²) in [6.07, 6.45) is 4.59. The van der Waals surface area contributed by atoms with E-state index in [4.69, 9.17) is 11.5 Å². The van der Waals surface area contributed by atoms with Crippen LogP contribution >= 0.6 is 0 Å². The number of para-hydroxylation sites is 1. The van der Waals surface area contributed by atoms with Gasteiger partial charge in [0.1, 0.15) is 10.6 Å². The zero-order valence-corrected chi connectivity index (χ0v) is 17.6. The number of nitrogens with two attached hydrogens (primary N) is 2. The zero-order valence-electron chi connectivity index (χ0n) is 16.8. The first-order chi connectivity index (χ1) is 13.8. The number of anilines is 1. The maximum absolute atomic E-state index is 13.5. The van der Waals surface area contributed by atoms with Crippen LogP contribution < -0.4 is 16.4 Å². The molecule has 1 aromatic carbocycles. The molecule has 1 aromatic rings. The Morgan fingerprint density at radius 2 is 1.66 bits per heavy atom. The highest BCUT2D eigenvalue weighted by Gasteiger charge is 2.44. The minimum atomic E-state index is -3.68. The van der Waals surface area contributed by atoms with Gasteiger partial charge in [-0.3, -0.25) is 4.90 Å². The van der Waals surface area contributed by atoms with Crippen LogP contribution in [-0.4, -0.2) is 68.4 Å². The van der Waals surface area contributed by atoms with Crippen molar-refractivity contribution in [3.63, 3.8) is 0 Å². The fourth-order valence-corrected chi connectivity index (χ4v) is 6.09. The second-order valence-corrected chi connectivity index (χ2v) is 9.90. The smallest absolute Gasteiger partial charge is 0.245 e. The average molecular weight is 420 g/mol. The number of aliphatic imine (C=N–C) groups is 2. The minimum Gasteiger partial charge on any atom is -0.369 e. The van der Waals surface area contributed by atoms with Gasteiger partial charge in [0.25, 0.3) is 0 Å². The van der Waals surface area contributed by atoms with Crippen molar-refractivity contribution in [2.75, 3.05) is 38.1 Å². The molecule has 1 spiro atoms. The first kappa shape index (κ1) is 20.1. The Morgan fingerprint density at radius 3 is 2.34 bits per heavy atom. The number of guanidine groups is 2. The van der Waals surface area contributed by atoms with Crippen LogP contribution in [0.1, 0.15) is 32.1 Å². The highest BCUT2D eigenvalue weighted by molar-refractivity contribution is 7.89. The fourth-order valence-electron chi connectivity index (χ4n) is 4.50. The molecule has 29 heavy (non-hydrogen) atoms. The lowest BCUT2D eigenvalue weighted by atomic mass is 9.87. The molecule has 158 valence electrons. The zero-order chi connectivity index (χ0) is 20.6. The normalized spacial score (nSPS) is 23.7. The van der Waals surface area contributed by atoms with Gasteiger partial charge < -0.3 is 16.4 Å². The maximum Gasteiger partial charge on any atom is 0.245 e. The molecule has 1 saturated carbocycles. The molecule has 0 atom stereocenters. The van der Waals surface area contributed by atoms with Crippen LogP contribution in [-0.2, 0) is 10.0 Å². The van der Waals surface area contributed by atoms with E-state index >= 15 is 0 Å².